The smallest absolute Gasteiger partial charge is 0.244 e. The van der Waals surface area contributed by atoms with Crippen molar-refractivity contribution in [2.45, 2.75) is 19.8 Å². The minimum absolute atomic E-state index is 0.234. The second kappa shape index (κ2) is 8.06. The number of para-hydroxylation sites is 1. The number of pyridine rings is 1. The lowest BCUT2D eigenvalue weighted by molar-refractivity contribution is 0.416. The fourth-order valence-corrected chi connectivity index (χ4v) is 5.55. The zero-order chi connectivity index (χ0) is 27.1. The molecule has 1 aromatic carbocycles. The number of hydrogen-bond donors (Lipinski definition) is 1. The lowest BCUT2D eigenvalue weighted by atomic mass is 9.86. The molecule has 8 rings (SSSR count). The second-order valence-corrected chi connectivity index (χ2v) is 10.1. The van der Waals surface area contributed by atoms with E-state index in [1.54, 1.807) is 15.5 Å². The maximum atomic E-state index is 6.16. The Kier molecular flexibility index (Phi) is 4.55. The Hall–Kier alpha value is -5.39. The second-order valence-electron chi connectivity index (χ2n) is 10.1. The van der Waals surface area contributed by atoms with Crippen molar-refractivity contribution in [1.82, 2.24) is 54.3 Å². The molecule has 1 aliphatic rings. The summed E-state index contributed by atoms with van der Waals surface area (Å²) >= 11 is 0. The summed E-state index contributed by atoms with van der Waals surface area (Å²) in [4.78, 5) is 14.7. The van der Waals surface area contributed by atoms with Crippen LogP contribution in [-0.2, 0) is 14.1 Å². The van der Waals surface area contributed by atoms with Gasteiger partial charge in [0.1, 0.15) is 6.33 Å². The summed E-state index contributed by atoms with van der Waals surface area (Å²) in [5, 5.41) is 22.2. The van der Waals surface area contributed by atoms with E-state index >= 15 is 0 Å². The van der Waals surface area contributed by atoms with Gasteiger partial charge in [-0.1, -0.05) is 18.2 Å². The Bertz CT molecular complexity index is 2110. The molecule has 0 fully saturated rings. The molecule has 0 amide bonds. The highest BCUT2D eigenvalue weighted by atomic mass is 16.5. The number of rotatable bonds is 3. The van der Waals surface area contributed by atoms with Crippen LogP contribution in [0.2, 0.25) is 0 Å². The number of aromatic nitrogens is 11. The fourth-order valence-electron chi connectivity index (χ4n) is 5.55. The Morgan fingerprint density at radius 3 is 2.62 bits per heavy atom. The van der Waals surface area contributed by atoms with Crippen LogP contribution >= 0.6 is 0 Å². The van der Waals surface area contributed by atoms with Crippen molar-refractivity contribution >= 4 is 16.6 Å². The van der Waals surface area contributed by atoms with Gasteiger partial charge >= 0.3 is 0 Å². The highest BCUT2D eigenvalue weighted by Gasteiger charge is 2.37. The van der Waals surface area contributed by atoms with Crippen LogP contribution in [0.4, 0.5) is 0 Å². The van der Waals surface area contributed by atoms with Crippen LogP contribution in [0, 0.1) is 13.8 Å². The predicted molar refractivity (Wildman–Crippen MR) is 146 cm³/mol. The van der Waals surface area contributed by atoms with E-state index in [9.17, 15) is 0 Å². The van der Waals surface area contributed by atoms with Gasteiger partial charge in [-0.25, -0.2) is 19.5 Å². The van der Waals surface area contributed by atoms with E-state index in [1.807, 2.05) is 81.5 Å². The molecule has 1 atom stereocenters. The molecule has 1 unspecified atom stereocenters. The lowest BCUT2D eigenvalue weighted by Gasteiger charge is -2.24. The van der Waals surface area contributed by atoms with Gasteiger partial charge in [-0.05, 0) is 26.0 Å². The summed E-state index contributed by atoms with van der Waals surface area (Å²) in [6.07, 6.45) is 7.32. The van der Waals surface area contributed by atoms with Crippen LogP contribution in [0.3, 0.4) is 0 Å². The first-order chi connectivity index (χ1) is 19.5. The minimum Gasteiger partial charge on any atom is -0.418 e. The van der Waals surface area contributed by atoms with Crippen molar-refractivity contribution < 1.29 is 4.74 Å². The zero-order valence-corrected chi connectivity index (χ0v) is 22.2. The van der Waals surface area contributed by atoms with E-state index in [1.165, 1.54) is 0 Å². The van der Waals surface area contributed by atoms with Crippen LogP contribution < -0.4 is 4.74 Å². The molecule has 1 aliphatic heterocycles. The SMILES string of the molecule is Cc1[nH]nc2c1C(c1cnn(C)c1)c1c(ncn3nc(-c4cc(-c5cnn(C)c5C)nc5ccccc45)nc13)O2. The molecule has 0 bridgehead atoms. The Balaban J connectivity index is 1.38. The number of aromatic amines is 1. The zero-order valence-electron chi connectivity index (χ0n) is 22.2. The number of fused-ring (bicyclic) bond motifs is 5. The lowest BCUT2D eigenvalue weighted by Crippen LogP contribution is -2.14. The average Bonchev–Trinajstić information content (AvgIpc) is 3.75. The molecule has 0 radical (unpaired) electrons. The Labute approximate surface area is 227 Å². The van der Waals surface area contributed by atoms with E-state index in [2.05, 4.69) is 25.4 Å². The van der Waals surface area contributed by atoms with Gasteiger partial charge in [-0.3, -0.25) is 14.5 Å². The first-order valence-electron chi connectivity index (χ1n) is 12.8. The first kappa shape index (κ1) is 22.6. The van der Waals surface area contributed by atoms with Crippen LogP contribution in [0.25, 0.3) is 39.2 Å². The molecule has 12 heteroatoms. The number of benzene rings is 1. The van der Waals surface area contributed by atoms with Crippen molar-refractivity contribution in [2.24, 2.45) is 14.1 Å². The summed E-state index contributed by atoms with van der Waals surface area (Å²) in [6.45, 7) is 4.02. The van der Waals surface area contributed by atoms with Gasteiger partial charge in [0, 0.05) is 59.3 Å². The normalized spacial score (nSPS) is 14.4. The minimum atomic E-state index is -0.234. The molecule has 0 spiro atoms. The van der Waals surface area contributed by atoms with Gasteiger partial charge in [0.15, 0.2) is 11.5 Å². The molecule has 7 aromatic rings. The van der Waals surface area contributed by atoms with E-state index in [4.69, 9.17) is 19.8 Å². The third kappa shape index (κ3) is 3.16. The molecule has 40 heavy (non-hydrogen) atoms. The van der Waals surface area contributed by atoms with Crippen molar-refractivity contribution in [3.63, 3.8) is 0 Å². The monoisotopic (exact) mass is 529 g/mol. The standard InChI is InChI=1S/C28H23N11O/c1-14-22-23(16-10-30-37(3)12-16)24-26-33-25(36-39(26)13-29-27(24)40-28(22)35-34-14)18-9-21(19-11-31-38(4)15(19)2)32-20-8-6-5-7-17(18)20/h5-13,23H,1-4H3,(H,34,35). The van der Waals surface area contributed by atoms with E-state index < -0.39 is 0 Å². The van der Waals surface area contributed by atoms with Crippen molar-refractivity contribution in [3.05, 3.63) is 83.3 Å². The highest BCUT2D eigenvalue weighted by molar-refractivity contribution is 5.95. The Morgan fingerprint density at radius 1 is 0.950 bits per heavy atom. The van der Waals surface area contributed by atoms with Crippen LogP contribution in [0.5, 0.6) is 11.8 Å². The van der Waals surface area contributed by atoms with Gasteiger partial charge in [0.2, 0.25) is 11.8 Å². The number of ether oxygens (including phenoxy) is 1. The van der Waals surface area contributed by atoms with Gasteiger partial charge in [-0.2, -0.15) is 10.2 Å². The van der Waals surface area contributed by atoms with Crippen molar-refractivity contribution in [3.8, 4) is 34.4 Å². The first-order valence-corrected chi connectivity index (χ1v) is 12.8. The average molecular weight is 530 g/mol. The molecule has 0 saturated carbocycles. The molecular weight excluding hydrogens is 506 g/mol. The number of hydrogen-bond acceptors (Lipinski definition) is 8. The summed E-state index contributed by atoms with van der Waals surface area (Å²) < 4.78 is 11.5. The van der Waals surface area contributed by atoms with Crippen LogP contribution in [0.1, 0.15) is 34.0 Å². The Morgan fingerprint density at radius 2 is 1.82 bits per heavy atom. The topological polar surface area (TPSA) is 130 Å². The molecule has 0 saturated heterocycles. The summed E-state index contributed by atoms with van der Waals surface area (Å²) in [7, 11) is 3.82. The number of nitrogens with one attached hydrogen (secondary N) is 1. The maximum Gasteiger partial charge on any atom is 0.244 e. The van der Waals surface area contributed by atoms with Crippen molar-refractivity contribution in [2.75, 3.05) is 0 Å². The number of nitrogens with zero attached hydrogens (tertiary/aromatic N) is 10. The number of aryl methyl sites for hydroxylation is 3. The molecule has 196 valence electrons. The molecule has 7 heterocycles. The molecule has 1 N–H and O–H groups in total. The van der Waals surface area contributed by atoms with Crippen molar-refractivity contribution in [1.29, 1.82) is 0 Å². The largest absolute Gasteiger partial charge is 0.418 e. The summed E-state index contributed by atoms with van der Waals surface area (Å²) in [5.41, 5.74) is 8.82. The van der Waals surface area contributed by atoms with E-state index in [0.717, 1.165) is 55.8 Å². The van der Waals surface area contributed by atoms with Gasteiger partial charge < -0.3 is 4.74 Å². The highest BCUT2D eigenvalue weighted by Crippen LogP contribution is 2.48. The third-order valence-electron chi connectivity index (χ3n) is 7.64. The number of H-pyrrole nitrogens is 1. The quantitative estimate of drug-likeness (QED) is 0.362. The summed E-state index contributed by atoms with van der Waals surface area (Å²) in [5.74, 6) is 1.29. The van der Waals surface area contributed by atoms with E-state index in [-0.39, 0.29) is 5.92 Å². The maximum absolute atomic E-state index is 6.16. The molecule has 12 nitrogen and oxygen atoms in total. The molecule has 0 aliphatic carbocycles. The summed E-state index contributed by atoms with van der Waals surface area (Å²) in [6, 6.07) is 10.1. The van der Waals surface area contributed by atoms with Gasteiger partial charge in [-0.15, -0.1) is 10.2 Å². The van der Waals surface area contributed by atoms with Crippen LogP contribution in [0.15, 0.2) is 55.2 Å². The van der Waals surface area contributed by atoms with Gasteiger partial charge in [0.25, 0.3) is 0 Å². The van der Waals surface area contributed by atoms with E-state index in [0.29, 0.717) is 23.2 Å². The molecule has 6 aromatic heterocycles. The van der Waals surface area contributed by atoms with Crippen LogP contribution in [-0.4, -0.2) is 54.3 Å². The fraction of sp³-hybridized carbons (Fsp3) is 0.179. The molecular formula is C28H23N11O. The third-order valence-corrected chi connectivity index (χ3v) is 7.64. The predicted octanol–water partition coefficient (Wildman–Crippen LogP) is 4.10. The van der Waals surface area contributed by atoms with Gasteiger partial charge in [0.05, 0.1) is 35.1 Å².